The molecule has 0 aliphatic rings. The van der Waals surface area contributed by atoms with Crippen LogP contribution in [0.3, 0.4) is 0 Å². The topological polar surface area (TPSA) is 111 Å². The lowest BCUT2D eigenvalue weighted by atomic mass is 9.99. The molecule has 0 fully saturated rings. The van der Waals surface area contributed by atoms with Crippen molar-refractivity contribution < 1.29 is 14.2 Å². The molecule has 0 aliphatic carbocycles. The van der Waals surface area contributed by atoms with Gasteiger partial charge in [0.2, 0.25) is 11.7 Å². The molecule has 0 spiro atoms. The van der Waals surface area contributed by atoms with Crippen molar-refractivity contribution in [1.82, 2.24) is 15.5 Å². The Morgan fingerprint density at radius 2 is 2.19 bits per heavy atom. The normalized spacial score (nSPS) is 13.1. The van der Waals surface area contributed by atoms with Gasteiger partial charge in [0.05, 0.1) is 9.80 Å². The van der Waals surface area contributed by atoms with Crippen molar-refractivity contribution in [2.45, 2.75) is 26.3 Å². The molecule has 2 heterocycles. The number of rotatable bonds is 7. The molecule has 0 bridgehead atoms. The minimum absolute atomic E-state index is 0.0525. The van der Waals surface area contributed by atoms with Crippen molar-refractivity contribution in [3.05, 3.63) is 62.7 Å². The van der Waals surface area contributed by atoms with E-state index in [-0.39, 0.29) is 29.2 Å². The van der Waals surface area contributed by atoms with Gasteiger partial charge in [0.15, 0.2) is 0 Å². The summed E-state index contributed by atoms with van der Waals surface area (Å²) in [5.41, 5.74) is 0.426. The van der Waals surface area contributed by atoms with Gasteiger partial charge in [-0.15, -0.1) is 11.3 Å². The Labute approximate surface area is 159 Å². The predicted molar refractivity (Wildman–Crippen MR) is 100 cm³/mol. The van der Waals surface area contributed by atoms with Crippen molar-refractivity contribution in [3.8, 4) is 11.4 Å². The number of nitro benzene ring substituents is 1. The summed E-state index contributed by atoms with van der Waals surface area (Å²) in [4.78, 5) is 27.9. The van der Waals surface area contributed by atoms with Crippen molar-refractivity contribution in [3.63, 3.8) is 0 Å². The maximum Gasteiger partial charge on any atom is 0.270 e. The van der Waals surface area contributed by atoms with Crippen LogP contribution in [-0.2, 0) is 0 Å². The first-order chi connectivity index (χ1) is 13.0. The average molecular weight is 386 g/mol. The number of hydrogen-bond acceptors (Lipinski definition) is 7. The standard InChI is InChI=1S/C18H18N4O4S/c1-3-11(2)15(19-17(23)14-8-5-9-27-14)18-20-16(21-26-18)12-6-4-7-13(10-12)22(24)25/h4-11,15H,3H2,1-2H3,(H,19,23). The molecule has 9 heteroatoms. The summed E-state index contributed by atoms with van der Waals surface area (Å²) in [6, 6.07) is 9.12. The minimum Gasteiger partial charge on any atom is -0.339 e. The Hall–Kier alpha value is -3.07. The molecule has 27 heavy (non-hydrogen) atoms. The molecule has 2 unspecified atom stereocenters. The summed E-state index contributed by atoms with van der Waals surface area (Å²) >= 11 is 1.35. The molecular formula is C18H18N4O4S. The van der Waals surface area contributed by atoms with E-state index in [1.54, 1.807) is 18.2 Å². The first kappa shape index (κ1) is 18.7. The van der Waals surface area contributed by atoms with Crippen molar-refractivity contribution >= 4 is 22.9 Å². The Morgan fingerprint density at radius 1 is 1.37 bits per heavy atom. The molecule has 2 aromatic heterocycles. The van der Waals surface area contributed by atoms with E-state index in [1.165, 1.54) is 23.5 Å². The number of amides is 1. The van der Waals surface area contributed by atoms with Gasteiger partial charge < -0.3 is 9.84 Å². The number of nitrogens with one attached hydrogen (secondary N) is 1. The average Bonchev–Trinajstić information content (AvgIpc) is 3.37. The van der Waals surface area contributed by atoms with Crippen LogP contribution in [0, 0.1) is 16.0 Å². The fraction of sp³-hybridized carbons (Fsp3) is 0.278. The fourth-order valence-electron chi connectivity index (χ4n) is 2.54. The Morgan fingerprint density at radius 3 is 2.85 bits per heavy atom. The number of nitrogens with zero attached hydrogens (tertiary/aromatic N) is 3. The number of hydrogen-bond donors (Lipinski definition) is 1. The van der Waals surface area contributed by atoms with Gasteiger partial charge in [-0.1, -0.05) is 43.6 Å². The predicted octanol–water partition coefficient (Wildman–Crippen LogP) is 4.22. The van der Waals surface area contributed by atoms with Crippen molar-refractivity contribution in [1.29, 1.82) is 0 Å². The number of carbonyl (C=O) groups excluding carboxylic acids is 1. The molecular weight excluding hydrogens is 368 g/mol. The van der Waals surface area contributed by atoms with Gasteiger partial charge >= 0.3 is 0 Å². The molecule has 0 aliphatic heterocycles. The molecule has 1 amide bonds. The van der Waals surface area contributed by atoms with Gasteiger partial charge in [0.25, 0.3) is 11.6 Å². The first-order valence-corrected chi connectivity index (χ1v) is 9.30. The molecule has 3 aromatic rings. The highest BCUT2D eigenvalue weighted by molar-refractivity contribution is 7.12. The smallest absolute Gasteiger partial charge is 0.270 e. The van der Waals surface area contributed by atoms with Crippen LogP contribution in [0.25, 0.3) is 11.4 Å². The summed E-state index contributed by atoms with van der Waals surface area (Å²) in [7, 11) is 0. The molecule has 140 valence electrons. The van der Waals surface area contributed by atoms with E-state index in [2.05, 4.69) is 15.5 Å². The van der Waals surface area contributed by atoms with E-state index >= 15 is 0 Å². The molecule has 0 radical (unpaired) electrons. The summed E-state index contributed by atoms with van der Waals surface area (Å²) in [6.45, 7) is 3.99. The van der Waals surface area contributed by atoms with Gasteiger partial charge in [-0.2, -0.15) is 4.98 Å². The van der Waals surface area contributed by atoms with E-state index in [0.717, 1.165) is 6.42 Å². The van der Waals surface area contributed by atoms with Gasteiger partial charge in [0.1, 0.15) is 6.04 Å². The van der Waals surface area contributed by atoms with E-state index in [4.69, 9.17) is 4.52 Å². The zero-order valence-corrected chi connectivity index (χ0v) is 15.6. The van der Waals surface area contributed by atoms with Crippen LogP contribution >= 0.6 is 11.3 Å². The molecule has 1 N–H and O–H groups in total. The Kier molecular flexibility index (Phi) is 5.60. The number of thiophene rings is 1. The molecule has 3 rings (SSSR count). The van der Waals surface area contributed by atoms with E-state index in [1.807, 2.05) is 25.3 Å². The second kappa shape index (κ2) is 8.09. The zero-order chi connectivity index (χ0) is 19.4. The summed E-state index contributed by atoms with van der Waals surface area (Å²) in [6.07, 6.45) is 0.796. The molecule has 0 saturated carbocycles. The van der Waals surface area contributed by atoms with E-state index < -0.39 is 11.0 Å². The third kappa shape index (κ3) is 4.20. The van der Waals surface area contributed by atoms with E-state index in [9.17, 15) is 14.9 Å². The second-order valence-electron chi connectivity index (χ2n) is 6.08. The van der Waals surface area contributed by atoms with Crippen molar-refractivity contribution in [2.24, 2.45) is 5.92 Å². The molecule has 8 nitrogen and oxygen atoms in total. The number of non-ortho nitro benzene ring substituents is 1. The Balaban J connectivity index is 1.87. The molecule has 1 aromatic carbocycles. The molecule has 0 saturated heterocycles. The number of carbonyl (C=O) groups is 1. The second-order valence-corrected chi connectivity index (χ2v) is 7.03. The van der Waals surface area contributed by atoms with Crippen LogP contribution in [0.4, 0.5) is 5.69 Å². The van der Waals surface area contributed by atoms with Crippen LogP contribution in [0.2, 0.25) is 0 Å². The SMILES string of the molecule is CCC(C)C(NC(=O)c1cccs1)c1nc(-c2cccc([N+](=O)[O-])c2)no1. The lowest BCUT2D eigenvalue weighted by Gasteiger charge is -2.20. The lowest BCUT2D eigenvalue weighted by Crippen LogP contribution is -2.32. The third-order valence-electron chi connectivity index (χ3n) is 4.27. The van der Waals surface area contributed by atoms with Crippen LogP contribution < -0.4 is 5.32 Å². The highest BCUT2D eigenvalue weighted by atomic mass is 32.1. The van der Waals surface area contributed by atoms with Crippen LogP contribution in [0.15, 0.2) is 46.3 Å². The lowest BCUT2D eigenvalue weighted by molar-refractivity contribution is -0.384. The van der Waals surface area contributed by atoms with Crippen LogP contribution in [-0.4, -0.2) is 21.0 Å². The van der Waals surface area contributed by atoms with Gasteiger partial charge in [-0.25, -0.2) is 0 Å². The van der Waals surface area contributed by atoms with Crippen LogP contribution in [0.5, 0.6) is 0 Å². The summed E-state index contributed by atoms with van der Waals surface area (Å²) < 4.78 is 5.38. The highest BCUT2D eigenvalue weighted by Gasteiger charge is 2.27. The zero-order valence-electron chi connectivity index (χ0n) is 14.8. The van der Waals surface area contributed by atoms with Gasteiger partial charge in [-0.3, -0.25) is 14.9 Å². The van der Waals surface area contributed by atoms with Crippen LogP contribution in [0.1, 0.15) is 41.9 Å². The minimum atomic E-state index is -0.478. The maximum absolute atomic E-state index is 12.4. The van der Waals surface area contributed by atoms with Gasteiger partial charge in [0, 0.05) is 17.7 Å². The number of aromatic nitrogens is 2. The maximum atomic E-state index is 12.4. The number of benzene rings is 1. The van der Waals surface area contributed by atoms with Crippen molar-refractivity contribution in [2.75, 3.05) is 0 Å². The van der Waals surface area contributed by atoms with E-state index in [0.29, 0.717) is 10.4 Å². The Bertz CT molecular complexity index is 939. The fourth-order valence-corrected chi connectivity index (χ4v) is 3.17. The first-order valence-electron chi connectivity index (χ1n) is 8.42. The largest absolute Gasteiger partial charge is 0.339 e. The summed E-state index contributed by atoms with van der Waals surface area (Å²) in [5.74, 6) is 0.376. The summed E-state index contributed by atoms with van der Waals surface area (Å²) in [5, 5.41) is 19.7. The number of nitro groups is 1. The molecule has 2 atom stereocenters. The third-order valence-corrected chi connectivity index (χ3v) is 5.14. The quantitative estimate of drug-likeness (QED) is 0.480. The van der Waals surface area contributed by atoms with Gasteiger partial charge in [-0.05, 0) is 17.4 Å². The monoisotopic (exact) mass is 386 g/mol. The highest BCUT2D eigenvalue weighted by Crippen LogP contribution is 2.27.